The van der Waals surface area contributed by atoms with E-state index in [0.717, 1.165) is 17.9 Å². The fraction of sp³-hybridized carbons (Fsp3) is 0.500. The number of methoxy groups -OCH3 is 1. The minimum atomic E-state index is 0.246. The van der Waals surface area contributed by atoms with Gasteiger partial charge in [0.2, 0.25) is 0 Å². The highest BCUT2D eigenvalue weighted by Crippen LogP contribution is 2.27. The van der Waals surface area contributed by atoms with Crippen LogP contribution in [0.3, 0.4) is 0 Å². The van der Waals surface area contributed by atoms with Gasteiger partial charge in [-0.15, -0.1) is 0 Å². The number of hydrogen-bond acceptors (Lipinski definition) is 4. The molecular weight excluding hydrogens is 206 g/mol. The summed E-state index contributed by atoms with van der Waals surface area (Å²) in [7, 11) is 3.53. The molecular formula is C12H19NO3. The van der Waals surface area contributed by atoms with E-state index in [1.807, 2.05) is 32.2 Å². The van der Waals surface area contributed by atoms with Crippen LogP contribution in [0.15, 0.2) is 18.2 Å². The predicted octanol–water partition coefficient (Wildman–Crippen LogP) is 1.79. The van der Waals surface area contributed by atoms with Crippen LogP contribution in [-0.2, 0) is 11.3 Å². The first-order valence-electron chi connectivity index (χ1n) is 5.33. The molecule has 0 saturated carbocycles. The van der Waals surface area contributed by atoms with Crippen molar-refractivity contribution < 1.29 is 14.2 Å². The molecule has 90 valence electrons. The lowest BCUT2D eigenvalue weighted by Gasteiger charge is -2.12. The van der Waals surface area contributed by atoms with Crippen molar-refractivity contribution in [2.24, 2.45) is 0 Å². The third-order valence-corrected chi connectivity index (χ3v) is 2.11. The highest BCUT2D eigenvalue weighted by molar-refractivity contribution is 5.42. The summed E-state index contributed by atoms with van der Waals surface area (Å²) in [5.74, 6) is 1.43. The molecule has 0 aliphatic heterocycles. The monoisotopic (exact) mass is 225 g/mol. The second-order valence-electron chi connectivity index (χ2n) is 3.27. The maximum Gasteiger partial charge on any atom is 0.189 e. The first-order valence-corrected chi connectivity index (χ1v) is 5.33. The molecule has 0 bridgehead atoms. The smallest absolute Gasteiger partial charge is 0.189 e. The summed E-state index contributed by atoms with van der Waals surface area (Å²) in [6.45, 7) is 3.61. The second kappa shape index (κ2) is 7.09. The maximum absolute atomic E-state index is 5.48. The van der Waals surface area contributed by atoms with Gasteiger partial charge in [0.1, 0.15) is 0 Å². The van der Waals surface area contributed by atoms with Gasteiger partial charge in [0, 0.05) is 13.2 Å². The summed E-state index contributed by atoms with van der Waals surface area (Å²) in [5, 5.41) is 3.09. The quantitative estimate of drug-likeness (QED) is 0.567. The number of rotatable bonds is 7. The van der Waals surface area contributed by atoms with Crippen molar-refractivity contribution in [3.8, 4) is 11.5 Å². The van der Waals surface area contributed by atoms with E-state index in [1.165, 1.54) is 0 Å². The average Bonchev–Trinajstić information content (AvgIpc) is 2.30. The predicted molar refractivity (Wildman–Crippen MR) is 62.9 cm³/mol. The van der Waals surface area contributed by atoms with Crippen LogP contribution in [0.5, 0.6) is 11.5 Å². The highest BCUT2D eigenvalue weighted by atomic mass is 16.7. The third-order valence-electron chi connectivity index (χ3n) is 2.11. The summed E-state index contributed by atoms with van der Waals surface area (Å²) in [6.07, 6.45) is 0. The first kappa shape index (κ1) is 12.8. The van der Waals surface area contributed by atoms with E-state index in [-0.39, 0.29) is 6.79 Å². The van der Waals surface area contributed by atoms with E-state index in [4.69, 9.17) is 14.2 Å². The highest BCUT2D eigenvalue weighted by Gasteiger charge is 2.05. The number of hydrogen-bond donors (Lipinski definition) is 1. The van der Waals surface area contributed by atoms with Crippen LogP contribution in [0.4, 0.5) is 0 Å². The van der Waals surface area contributed by atoms with Crippen LogP contribution in [0.25, 0.3) is 0 Å². The van der Waals surface area contributed by atoms with Crippen molar-refractivity contribution in [1.29, 1.82) is 0 Å². The van der Waals surface area contributed by atoms with Gasteiger partial charge in [-0.05, 0) is 31.7 Å². The summed E-state index contributed by atoms with van der Waals surface area (Å²) in [6, 6.07) is 5.85. The lowest BCUT2D eigenvalue weighted by molar-refractivity contribution is 0.0208. The summed E-state index contributed by atoms with van der Waals surface area (Å²) in [4.78, 5) is 0. The minimum Gasteiger partial charge on any atom is -0.493 e. The molecule has 0 radical (unpaired) electrons. The summed E-state index contributed by atoms with van der Waals surface area (Å²) >= 11 is 0. The minimum absolute atomic E-state index is 0.246. The molecule has 0 aliphatic rings. The molecule has 0 fully saturated rings. The van der Waals surface area contributed by atoms with Crippen LogP contribution < -0.4 is 14.8 Å². The van der Waals surface area contributed by atoms with Crippen LogP contribution in [0, 0.1) is 0 Å². The van der Waals surface area contributed by atoms with Gasteiger partial charge >= 0.3 is 0 Å². The Labute approximate surface area is 96.5 Å². The topological polar surface area (TPSA) is 39.7 Å². The molecule has 1 aromatic carbocycles. The van der Waals surface area contributed by atoms with Crippen molar-refractivity contribution in [1.82, 2.24) is 5.32 Å². The van der Waals surface area contributed by atoms with Gasteiger partial charge in [-0.2, -0.15) is 0 Å². The molecule has 0 unspecified atom stereocenters. The van der Waals surface area contributed by atoms with Gasteiger partial charge in [0.25, 0.3) is 0 Å². The van der Waals surface area contributed by atoms with Gasteiger partial charge in [0.15, 0.2) is 18.3 Å². The van der Waals surface area contributed by atoms with E-state index in [0.29, 0.717) is 12.4 Å². The van der Waals surface area contributed by atoms with Crippen molar-refractivity contribution in [3.63, 3.8) is 0 Å². The fourth-order valence-electron chi connectivity index (χ4n) is 1.34. The Morgan fingerprint density at radius 3 is 2.69 bits per heavy atom. The first-order chi connectivity index (χ1) is 7.81. The normalized spacial score (nSPS) is 10.2. The Balaban J connectivity index is 2.72. The molecule has 1 rings (SSSR count). The number of benzene rings is 1. The van der Waals surface area contributed by atoms with Gasteiger partial charge in [0.05, 0.1) is 7.11 Å². The summed E-state index contributed by atoms with van der Waals surface area (Å²) < 4.78 is 15.8. The molecule has 0 heterocycles. The molecule has 0 aromatic heterocycles. The lowest BCUT2D eigenvalue weighted by atomic mass is 10.2. The van der Waals surface area contributed by atoms with Gasteiger partial charge < -0.3 is 19.5 Å². The van der Waals surface area contributed by atoms with Crippen LogP contribution in [0.1, 0.15) is 12.5 Å². The number of ether oxygens (including phenoxy) is 3. The van der Waals surface area contributed by atoms with E-state index in [1.54, 1.807) is 7.11 Å². The largest absolute Gasteiger partial charge is 0.493 e. The van der Waals surface area contributed by atoms with Crippen molar-refractivity contribution >= 4 is 0 Å². The molecule has 16 heavy (non-hydrogen) atoms. The van der Waals surface area contributed by atoms with Gasteiger partial charge in [-0.25, -0.2) is 0 Å². The standard InChI is InChI=1S/C12H19NO3/c1-4-15-9-16-12-7-10(8-13-2)5-6-11(12)14-3/h5-7,13H,4,8-9H2,1-3H3. The Kier molecular flexibility index (Phi) is 5.67. The number of nitrogens with one attached hydrogen (secondary N) is 1. The lowest BCUT2D eigenvalue weighted by Crippen LogP contribution is -2.07. The fourth-order valence-corrected chi connectivity index (χ4v) is 1.34. The molecule has 1 aromatic rings. The molecule has 0 atom stereocenters. The molecule has 1 N–H and O–H groups in total. The second-order valence-corrected chi connectivity index (χ2v) is 3.27. The Morgan fingerprint density at radius 1 is 1.25 bits per heavy atom. The van der Waals surface area contributed by atoms with Crippen molar-refractivity contribution in [3.05, 3.63) is 23.8 Å². The summed E-state index contributed by atoms with van der Waals surface area (Å²) in [5.41, 5.74) is 1.15. The van der Waals surface area contributed by atoms with Crippen LogP contribution >= 0.6 is 0 Å². The Morgan fingerprint density at radius 2 is 2.06 bits per heavy atom. The molecule has 0 saturated heterocycles. The molecule has 0 amide bonds. The van der Waals surface area contributed by atoms with Crippen molar-refractivity contribution in [2.45, 2.75) is 13.5 Å². The average molecular weight is 225 g/mol. The van der Waals surface area contributed by atoms with E-state index < -0.39 is 0 Å². The molecule has 4 heteroatoms. The van der Waals surface area contributed by atoms with Crippen molar-refractivity contribution in [2.75, 3.05) is 27.6 Å². The van der Waals surface area contributed by atoms with Gasteiger partial charge in [-0.1, -0.05) is 6.07 Å². The maximum atomic E-state index is 5.48. The Hall–Kier alpha value is -1.26. The van der Waals surface area contributed by atoms with Crippen LogP contribution in [-0.4, -0.2) is 27.6 Å². The third kappa shape index (κ3) is 3.72. The molecule has 4 nitrogen and oxygen atoms in total. The van der Waals surface area contributed by atoms with E-state index >= 15 is 0 Å². The Bertz CT molecular complexity index is 315. The zero-order valence-corrected chi connectivity index (χ0v) is 10.1. The molecule has 0 spiro atoms. The van der Waals surface area contributed by atoms with E-state index in [2.05, 4.69) is 5.32 Å². The molecule has 0 aliphatic carbocycles. The van der Waals surface area contributed by atoms with Gasteiger partial charge in [-0.3, -0.25) is 0 Å². The van der Waals surface area contributed by atoms with Crippen LogP contribution in [0.2, 0.25) is 0 Å². The zero-order chi connectivity index (χ0) is 11.8. The SMILES string of the molecule is CCOCOc1cc(CNC)ccc1OC. The van der Waals surface area contributed by atoms with E-state index in [9.17, 15) is 0 Å². The zero-order valence-electron chi connectivity index (χ0n) is 10.1.